The third-order valence-corrected chi connectivity index (χ3v) is 3.87. The molecular formula is C12H25N3. The first kappa shape index (κ1) is 11.4. The zero-order valence-electron chi connectivity index (χ0n) is 10.3. The van der Waals surface area contributed by atoms with E-state index in [1.807, 2.05) is 0 Å². The molecule has 1 atom stereocenters. The number of hydrogen-bond donors (Lipinski definition) is 0. The minimum Gasteiger partial charge on any atom is -0.305 e. The molecule has 0 spiro atoms. The van der Waals surface area contributed by atoms with Crippen molar-refractivity contribution in [2.24, 2.45) is 0 Å². The first-order chi connectivity index (χ1) is 7.25. The maximum absolute atomic E-state index is 2.72. The van der Waals surface area contributed by atoms with Crippen molar-refractivity contribution in [1.29, 1.82) is 0 Å². The second-order valence-electron chi connectivity index (χ2n) is 5.25. The first-order valence-corrected chi connectivity index (χ1v) is 6.37. The molecule has 3 heteroatoms. The van der Waals surface area contributed by atoms with Crippen molar-refractivity contribution in [3.05, 3.63) is 0 Å². The first-order valence-electron chi connectivity index (χ1n) is 6.37. The van der Waals surface area contributed by atoms with Crippen LogP contribution in [-0.2, 0) is 0 Å². The van der Waals surface area contributed by atoms with Gasteiger partial charge in [-0.1, -0.05) is 0 Å². The van der Waals surface area contributed by atoms with Gasteiger partial charge in [0.15, 0.2) is 0 Å². The van der Waals surface area contributed by atoms with E-state index >= 15 is 0 Å². The second-order valence-corrected chi connectivity index (χ2v) is 5.25. The van der Waals surface area contributed by atoms with E-state index in [1.54, 1.807) is 0 Å². The van der Waals surface area contributed by atoms with E-state index in [0.717, 1.165) is 6.04 Å². The van der Waals surface area contributed by atoms with Crippen LogP contribution in [0.1, 0.15) is 19.3 Å². The van der Waals surface area contributed by atoms with Crippen LogP contribution in [0.5, 0.6) is 0 Å². The van der Waals surface area contributed by atoms with Crippen molar-refractivity contribution in [3.8, 4) is 0 Å². The Labute approximate surface area is 94.0 Å². The maximum atomic E-state index is 2.72. The van der Waals surface area contributed by atoms with Crippen LogP contribution in [0.15, 0.2) is 0 Å². The van der Waals surface area contributed by atoms with Gasteiger partial charge in [0, 0.05) is 25.7 Å². The smallest absolute Gasteiger partial charge is 0.0224 e. The zero-order valence-corrected chi connectivity index (χ0v) is 10.3. The standard InChI is InChI=1S/C12H25N3/c1-13-7-4-8-15(10-9-13)12-5-3-6-14(2)11-12/h12H,3-11H2,1-2H3. The Morgan fingerprint density at radius 1 is 0.800 bits per heavy atom. The van der Waals surface area contributed by atoms with Crippen LogP contribution >= 0.6 is 0 Å². The average Bonchev–Trinajstić information content (AvgIpc) is 2.43. The lowest BCUT2D eigenvalue weighted by molar-refractivity contribution is 0.115. The fraction of sp³-hybridized carbons (Fsp3) is 1.00. The Morgan fingerprint density at radius 2 is 1.60 bits per heavy atom. The molecule has 0 amide bonds. The number of likely N-dealkylation sites (N-methyl/N-ethyl adjacent to an activating group) is 2. The van der Waals surface area contributed by atoms with Crippen LogP contribution in [0.25, 0.3) is 0 Å². The second kappa shape index (κ2) is 5.28. The maximum Gasteiger partial charge on any atom is 0.0224 e. The minimum atomic E-state index is 0.829. The van der Waals surface area contributed by atoms with E-state index in [4.69, 9.17) is 0 Å². The van der Waals surface area contributed by atoms with Crippen molar-refractivity contribution >= 4 is 0 Å². The van der Waals surface area contributed by atoms with Gasteiger partial charge in [0.1, 0.15) is 0 Å². The van der Waals surface area contributed by atoms with Crippen LogP contribution < -0.4 is 0 Å². The number of likely N-dealkylation sites (tertiary alicyclic amines) is 1. The van der Waals surface area contributed by atoms with Crippen LogP contribution in [-0.4, -0.2) is 74.1 Å². The van der Waals surface area contributed by atoms with Crippen molar-refractivity contribution in [3.63, 3.8) is 0 Å². The van der Waals surface area contributed by atoms with E-state index in [1.165, 1.54) is 58.5 Å². The van der Waals surface area contributed by atoms with Gasteiger partial charge in [0.05, 0.1) is 0 Å². The molecule has 2 fully saturated rings. The Bertz CT molecular complexity index is 195. The number of hydrogen-bond acceptors (Lipinski definition) is 3. The number of nitrogens with zero attached hydrogens (tertiary/aromatic N) is 3. The van der Waals surface area contributed by atoms with E-state index in [2.05, 4.69) is 28.8 Å². The predicted molar refractivity (Wildman–Crippen MR) is 64.2 cm³/mol. The summed E-state index contributed by atoms with van der Waals surface area (Å²) in [7, 11) is 4.51. The summed E-state index contributed by atoms with van der Waals surface area (Å²) in [4.78, 5) is 7.68. The molecule has 0 aromatic heterocycles. The molecule has 0 aromatic rings. The Kier molecular flexibility index (Phi) is 4.00. The lowest BCUT2D eigenvalue weighted by atomic mass is 10.0. The predicted octanol–water partition coefficient (Wildman–Crippen LogP) is 0.718. The molecule has 0 N–H and O–H groups in total. The fourth-order valence-electron chi connectivity index (χ4n) is 2.87. The third kappa shape index (κ3) is 3.16. The number of rotatable bonds is 1. The highest BCUT2D eigenvalue weighted by Crippen LogP contribution is 2.16. The molecule has 0 radical (unpaired) electrons. The van der Waals surface area contributed by atoms with E-state index in [-0.39, 0.29) is 0 Å². The molecule has 0 bridgehead atoms. The summed E-state index contributed by atoms with van der Waals surface area (Å²) in [6, 6.07) is 0.829. The Balaban J connectivity index is 1.85. The lowest BCUT2D eigenvalue weighted by Gasteiger charge is -2.37. The van der Waals surface area contributed by atoms with Gasteiger partial charge >= 0.3 is 0 Å². The summed E-state index contributed by atoms with van der Waals surface area (Å²) < 4.78 is 0. The van der Waals surface area contributed by atoms with Crippen molar-refractivity contribution in [1.82, 2.24) is 14.7 Å². The summed E-state index contributed by atoms with van der Waals surface area (Å²) in [5, 5.41) is 0. The van der Waals surface area contributed by atoms with Crippen LogP contribution in [0.2, 0.25) is 0 Å². The highest BCUT2D eigenvalue weighted by atomic mass is 15.3. The van der Waals surface area contributed by atoms with Gasteiger partial charge in [-0.25, -0.2) is 0 Å². The molecule has 2 rings (SSSR count). The summed E-state index contributed by atoms with van der Waals surface area (Å²) in [6.45, 7) is 7.69. The average molecular weight is 211 g/mol. The number of piperidine rings is 1. The molecule has 2 aliphatic heterocycles. The quantitative estimate of drug-likeness (QED) is 0.633. The Hall–Kier alpha value is -0.120. The molecule has 88 valence electrons. The summed E-state index contributed by atoms with van der Waals surface area (Å²) in [5.41, 5.74) is 0. The van der Waals surface area contributed by atoms with Crippen molar-refractivity contribution in [2.75, 3.05) is 53.4 Å². The molecule has 0 aromatic carbocycles. The van der Waals surface area contributed by atoms with Crippen molar-refractivity contribution < 1.29 is 0 Å². The largest absolute Gasteiger partial charge is 0.305 e. The third-order valence-electron chi connectivity index (χ3n) is 3.87. The zero-order chi connectivity index (χ0) is 10.7. The van der Waals surface area contributed by atoms with Gasteiger partial charge in [0.2, 0.25) is 0 Å². The molecule has 2 saturated heterocycles. The lowest BCUT2D eigenvalue weighted by Crippen LogP contribution is -2.47. The molecular weight excluding hydrogens is 186 g/mol. The Morgan fingerprint density at radius 3 is 2.40 bits per heavy atom. The SMILES string of the molecule is CN1CCCN(C2CCCN(C)C2)CC1. The fourth-order valence-corrected chi connectivity index (χ4v) is 2.87. The van der Waals surface area contributed by atoms with Crippen LogP contribution in [0.4, 0.5) is 0 Å². The molecule has 3 nitrogen and oxygen atoms in total. The van der Waals surface area contributed by atoms with E-state index in [0.29, 0.717) is 0 Å². The topological polar surface area (TPSA) is 9.72 Å². The molecule has 2 aliphatic rings. The van der Waals surface area contributed by atoms with Crippen molar-refractivity contribution in [2.45, 2.75) is 25.3 Å². The van der Waals surface area contributed by atoms with Crippen LogP contribution in [0.3, 0.4) is 0 Å². The monoisotopic (exact) mass is 211 g/mol. The molecule has 2 heterocycles. The summed E-state index contributed by atoms with van der Waals surface area (Å²) in [6.07, 6.45) is 4.14. The normalized spacial score (nSPS) is 32.8. The summed E-state index contributed by atoms with van der Waals surface area (Å²) >= 11 is 0. The highest BCUT2D eigenvalue weighted by molar-refractivity contribution is 4.81. The van der Waals surface area contributed by atoms with Gasteiger partial charge in [-0.15, -0.1) is 0 Å². The van der Waals surface area contributed by atoms with Gasteiger partial charge in [-0.05, 0) is 53.0 Å². The van der Waals surface area contributed by atoms with E-state index < -0.39 is 0 Å². The van der Waals surface area contributed by atoms with Gasteiger partial charge < -0.3 is 9.80 Å². The molecule has 0 saturated carbocycles. The van der Waals surface area contributed by atoms with Gasteiger partial charge in [0.25, 0.3) is 0 Å². The van der Waals surface area contributed by atoms with Gasteiger partial charge in [-0.2, -0.15) is 0 Å². The van der Waals surface area contributed by atoms with Crippen LogP contribution in [0, 0.1) is 0 Å². The van der Waals surface area contributed by atoms with E-state index in [9.17, 15) is 0 Å². The minimum absolute atomic E-state index is 0.829. The summed E-state index contributed by atoms with van der Waals surface area (Å²) in [5.74, 6) is 0. The van der Waals surface area contributed by atoms with Gasteiger partial charge in [-0.3, -0.25) is 4.90 Å². The molecule has 0 aliphatic carbocycles. The molecule has 1 unspecified atom stereocenters. The highest BCUT2D eigenvalue weighted by Gasteiger charge is 2.24. The molecule has 15 heavy (non-hydrogen) atoms.